The third kappa shape index (κ3) is 7.54. The molecule has 0 aliphatic carbocycles. The lowest BCUT2D eigenvalue weighted by Gasteiger charge is -2.33. The fourth-order valence-corrected chi connectivity index (χ4v) is 3.17. The number of carbonyl (C=O) groups excluding carboxylic acids is 2. The van der Waals surface area contributed by atoms with Crippen molar-refractivity contribution in [1.29, 1.82) is 0 Å². The summed E-state index contributed by atoms with van der Waals surface area (Å²) in [6, 6.07) is 13.4. The molecule has 0 aliphatic heterocycles. The fourth-order valence-electron chi connectivity index (χ4n) is 2.92. The van der Waals surface area contributed by atoms with Crippen LogP contribution in [-0.2, 0) is 16.1 Å². The van der Waals surface area contributed by atoms with E-state index in [0.717, 1.165) is 5.56 Å². The molecule has 162 valence electrons. The maximum absolute atomic E-state index is 13.1. The summed E-state index contributed by atoms with van der Waals surface area (Å²) >= 11 is 11.9. The molecule has 0 aliphatic rings. The van der Waals surface area contributed by atoms with Crippen LogP contribution in [0.25, 0.3) is 0 Å². The third-order valence-electron chi connectivity index (χ3n) is 4.33. The van der Waals surface area contributed by atoms with E-state index >= 15 is 0 Å². The highest BCUT2D eigenvalue weighted by Gasteiger charge is 2.30. The summed E-state index contributed by atoms with van der Waals surface area (Å²) < 4.78 is 5.63. The Morgan fingerprint density at radius 3 is 2.03 bits per heavy atom. The zero-order valence-electron chi connectivity index (χ0n) is 17.7. The summed E-state index contributed by atoms with van der Waals surface area (Å²) in [5.41, 5.74) is 0.473. The van der Waals surface area contributed by atoms with Crippen molar-refractivity contribution in [3.05, 3.63) is 64.1 Å². The van der Waals surface area contributed by atoms with Crippen molar-refractivity contribution in [2.45, 2.75) is 52.2 Å². The molecule has 5 nitrogen and oxygen atoms in total. The first kappa shape index (κ1) is 24.0. The lowest BCUT2D eigenvalue weighted by molar-refractivity contribution is -0.143. The molecule has 0 unspecified atom stereocenters. The first-order valence-electron chi connectivity index (χ1n) is 9.83. The summed E-state index contributed by atoms with van der Waals surface area (Å²) in [5.74, 6) is 0.0565. The van der Waals surface area contributed by atoms with Gasteiger partial charge in [-0.05, 0) is 69.2 Å². The number of nitrogens with one attached hydrogen (secondary N) is 1. The van der Waals surface area contributed by atoms with Gasteiger partial charge in [0.1, 0.15) is 11.8 Å². The molecule has 0 bridgehead atoms. The van der Waals surface area contributed by atoms with Crippen molar-refractivity contribution in [1.82, 2.24) is 10.2 Å². The zero-order valence-corrected chi connectivity index (χ0v) is 19.3. The molecule has 0 heterocycles. The minimum atomic E-state index is -0.624. The smallest absolute Gasteiger partial charge is 0.261 e. The van der Waals surface area contributed by atoms with Gasteiger partial charge >= 0.3 is 0 Å². The largest absolute Gasteiger partial charge is 0.484 e. The molecule has 0 radical (unpaired) electrons. The Hall–Kier alpha value is -2.24. The first-order valence-corrected chi connectivity index (χ1v) is 10.6. The number of benzene rings is 2. The number of hydrogen-bond donors (Lipinski definition) is 1. The van der Waals surface area contributed by atoms with Gasteiger partial charge < -0.3 is 15.0 Å². The Morgan fingerprint density at radius 2 is 1.53 bits per heavy atom. The summed E-state index contributed by atoms with van der Waals surface area (Å²) in [6.07, 6.45) is 0.474. The van der Waals surface area contributed by atoms with E-state index in [2.05, 4.69) is 5.32 Å². The monoisotopic (exact) mass is 450 g/mol. The summed E-state index contributed by atoms with van der Waals surface area (Å²) in [6.45, 7) is 7.70. The van der Waals surface area contributed by atoms with E-state index in [1.807, 2.05) is 39.8 Å². The van der Waals surface area contributed by atoms with E-state index in [-0.39, 0.29) is 25.0 Å². The van der Waals surface area contributed by atoms with Gasteiger partial charge in [-0.1, -0.05) is 42.3 Å². The van der Waals surface area contributed by atoms with Crippen LogP contribution in [-0.4, -0.2) is 34.9 Å². The highest BCUT2D eigenvalue weighted by Crippen LogP contribution is 2.18. The molecule has 0 fully saturated rings. The minimum Gasteiger partial charge on any atom is -0.484 e. The van der Waals surface area contributed by atoms with Crippen molar-refractivity contribution < 1.29 is 14.3 Å². The molecule has 2 amide bonds. The van der Waals surface area contributed by atoms with Crippen molar-refractivity contribution >= 4 is 35.0 Å². The number of ether oxygens (including phenoxy) is 1. The second-order valence-corrected chi connectivity index (χ2v) is 8.93. The van der Waals surface area contributed by atoms with Gasteiger partial charge in [0, 0.05) is 22.1 Å². The first-order chi connectivity index (χ1) is 14.1. The fraction of sp³-hybridized carbons (Fsp3) is 0.391. The van der Waals surface area contributed by atoms with Crippen LogP contribution < -0.4 is 10.1 Å². The van der Waals surface area contributed by atoms with Crippen LogP contribution >= 0.6 is 23.2 Å². The lowest BCUT2D eigenvalue weighted by Crippen LogP contribution is -2.54. The van der Waals surface area contributed by atoms with Crippen molar-refractivity contribution in [3.63, 3.8) is 0 Å². The van der Waals surface area contributed by atoms with Crippen LogP contribution in [0.3, 0.4) is 0 Å². The summed E-state index contributed by atoms with van der Waals surface area (Å²) in [7, 11) is 0. The van der Waals surface area contributed by atoms with Crippen LogP contribution in [0.2, 0.25) is 10.0 Å². The van der Waals surface area contributed by atoms with Crippen LogP contribution in [0.1, 0.15) is 39.7 Å². The van der Waals surface area contributed by atoms with Gasteiger partial charge in [-0.15, -0.1) is 0 Å². The molecule has 30 heavy (non-hydrogen) atoms. The van der Waals surface area contributed by atoms with Gasteiger partial charge in [-0.3, -0.25) is 9.59 Å². The van der Waals surface area contributed by atoms with Gasteiger partial charge in [0.15, 0.2) is 6.61 Å². The Kier molecular flexibility index (Phi) is 8.56. The molecule has 1 atom stereocenters. The average molecular weight is 451 g/mol. The van der Waals surface area contributed by atoms with Crippen LogP contribution in [0, 0.1) is 0 Å². The average Bonchev–Trinajstić information content (AvgIpc) is 2.67. The molecule has 2 rings (SSSR count). The predicted molar refractivity (Wildman–Crippen MR) is 121 cm³/mol. The minimum absolute atomic E-state index is 0.186. The molecule has 0 aromatic heterocycles. The second-order valence-electron chi connectivity index (χ2n) is 8.05. The zero-order chi connectivity index (χ0) is 22.3. The highest BCUT2D eigenvalue weighted by atomic mass is 35.5. The Labute approximate surface area is 188 Å². The number of carbonyl (C=O) groups is 2. The Morgan fingerprint density at radius 1 is 1.00 bits per heavy atom. The quantitative estimate of drug-likeness (QED) is 0.608. The van der Waals surface area contributed by atoms with Crippen molar-refractivity contribution in [2.75, 3.05) is 6.61 Å². The number of nitrogens with zero attached hydrogens (tertiary/aromatic N) is 1. The molecule has 1 N–H and O–H groups in total. The van der Waals surface area contributed by atoms with Crippen molar-refractivity contribution in [3.8, 4) is 5.75 Å². The lowest BCUT2D eigenvalue weighted by atomic mass is 10.1. The third-order valence-corrected chi connectivity index (χ3v) is 4.83. The molecule has 0 saturated carbocycles. The topological polar surface area (TPSA) is 58.6 Å². The number of rotatable bonds is 8. The molecule has 0 spiro atoms. The van der Waals surface area contributed by atoms with Gasteiger partial charge in [0.2, 0.25) is 5.91 Å². The second kappa shape index (κ2) is 10.7. The number of amides is 2. The standard InChI is InChI=1S/C23H28Cl2N2O3/c1-5-20(22(29)26-23(2,3)4)27(14-16-6-8-17(24)9-7-16)21(28)15-30-19-12-10-18(25)11-13-19/h6-13,20H,5,14-15H2,1-4H3,(H,26,29)/t20-/m0/s1. The highest BCUT2D eigenvalue weighted by molar-refractivity contribution is 6.30. The summed E-state index contributed by atoms with van der Waals surface area (Å²) in [5, 5.41) is 4.17. The molecule has 7 heteroatoms. The summed E-state index contributed by atoms with van der Waals surface area (Å²) in [4.78, 5) is 27.6. The van der Waals surface area contributed by atoms with Gasteiger partial charge in [-0.2, -0.15) is 0 Å². The molecular formula is C23H28Cl2N2O3. The van der Waals surface area contributed by atoms with Crippen LogP contribution in [0.4, 0.5) is 0 Å². The Bertz CT molecular complexity index is 846. The van der Waals surface area contributed by atoms with E-state index < -0.39 is 11.6 Å². The van der Waals surface area contributed by atoms with Gasteiger partial charge in [-0.25, -0.2) is 0 Å². The molecule has 2 aromatic rings. The van der Waals surface area contributed by atoms with Crippen LogP contribution in [0.15, 0.2) is 48.5 Å². The SMILES string of the molecule is CC[C@@H](C(=O)NC(C)(C)C)N(Cc1ccc(Cl)cc1)C(=O)COc1ccc(Cl)cc1. The maximum Gasteiger partial charge on any atom is 0.261 e. The normalized spacial score (nSPS) is 12.2. The molecule has 0 saturated heterocycles. The maximum atomic E-state index is 13.1. The van der Waals surface area contributed by atoms with Crippen LogP contribution in [0.5, 0.6) is 5.75 Å². The van der Waals surface area contributed by atoms with E-state index in [9.17, 15) is 9.59 Å². The van der Waals surface area contributed by atoms with E-state index in [4.69, 9.17) is 27.9 Å². The number of hydrogen-bond acceptors (Lipinski definition) is 3. The van der Waals surface area contributed by atoms with Gasteiger partial charge in [0.25, 0.3) is 5.91 Å². The van der Waals surface area contributed by atoms with E-state index in [1.54, 1.807) is 41.3 Å². The van der Waals surface area contributed by atoms with E-state index in [0.29, 0.717) is 22.2 Å². The predicted octanol–water partition coefficient (Wildman–Crippen LogP) is 5.09. The number of halogens is 2. The molecular weight excluding hydrogens is 423 g/mol. The van der Waals surface area contributed by atoms with Gasteiger partial charge in [0.05, 0.1) is 0 Å². The van der Waals surface area contributed by atoms with E-state index in [1.165, 1.54) is 0 Å². The van der Waals surface area contributed by atoms with Crippen molar-refractivity contribution in [2.24, 2.45) is 0 Å². The Balaban J connectivity index is 2.21. The molecule has 2 aromatic carbocycles.